The van der Waals surface area contributed by atoms with E-state index in [1.165, 1.54) is 0 Å². The van der Waals surface area contributed by atoms with Crippen molar-refractivity contribution in [2.75, 3.05) is 13.1 Å². The monoisotopic (exact) mass is 336 g/mol. The van der Waals surface area contributed by atoms with Gasteiger partial charge in [0.1, 0.15) is 0 Å². The molecule has 1 saturated heterocycles. The van der Waals surface area contributed by atoms with Crippen LogP contribution in [0.25, 0.3) is 0 Å². The molecule has 2 aromatic rings. The predicted molar refractivity (Wildman–Crippen MR) is 97.8 cm³/mol. The number of likely N-dealkylation sites (tertiary alicyclic amines) is 1. The molecule has 1 fully saturated rings. The van der Waals surface area contributed by atoms with Gasteiger partial charge in [-0.3, -0.25) is 9.59 Å². The molecule has 1 N–H and O–H groups in total. The average Bonchev–Trinajstić information content (AvgIpc) is 3.00. The Kier molecular flexibility index (Phi) is 5.49. The first-order valence-electron chi connectivity index (χ1n) is 8.78. The Morgan fingerprint density at radius 1 is 1.12 bits per heavy atom. The van der Waals surface area contributed by atoms with E-state index in [9.17, 15) is 9.59 Å². The molecule has 3 rings (SSSR count). The zero-order valence-electron chi connectivity index (χ0n) is 14.5. The van der Waals surface area contributed by atoms with Crippen LogP contribution in [0.2, 0.25) is 0 Å². The summed E-state index contributed by atoms with van der Waals surface area (Å²) in [5.74, 6) is 0.182. The van der Waals surface area contributed by atoms with Crippen LogP contribution in [0.1, 0.15) is 30.4 Å². The minimum absolute atomic E-state index is 0.0140. The second-order valence-corrected chi connectivity index (χ2v) is 6.71. The highest BCUT2D eigenvalue weighted by atomic mass is 16.2. The van der Waals surface area contributed by atoms with Crippen LogP contribution in [0.4, 0.5) is 0 Å². The molecular weight excluding hydrogens is 312 g/mol. The van der Waals surface area contributed by atoms with Crippen LogP contribution in [0, 0.1) is 5.92 Å². The zero-order chi connectivity index (χ0) is 17.6. The third-order valence-electron chi connectivity index (χ3n) is 4.77. The van der Waals surface area contributed by atoms with Gasteiger partial charge in [-0.15, -0.1) is 0 Å². The molecule has 0 spiro atoms. The molecule has 4 nitrogen and oxygen atoms in total. The van der Waals surface area contributed by atoms with Gasteiger partial charge in [0.25, 0.3) is 0 Å². The summed E-state index contributed by atoms with van der Waals surface area (Å²) in [7, 11) is 0. The van der Waals surface area contributed by atoms with Crippen LogP contribution in [0.5, 0.6) is 0 Å². The molecule has 0 unspecified atom stereocenters. The Morgan fingerprint density at radius 2 is 1.76 bits per heavy atom. The van der Waals surface area contributed by atoms with Gasteiger partial charge < -0.3 is 10.2 Å². The first-order valence-corrected chi connectivity index (χ1v) is 8.78. The van der Waals surface area contributed by atoms with Crippen molar-refractivity contribution < 1.29 is 9.59 Å². The van der Waals surface area contributed by atoms with Gasteiger partial charge in [-0.2, -0.15) is 0 Å². The van der Waals surface area contributed by atoms with E-state index in [4.69, 9.17) is 0 Å². The van der Waals surface area contributed by atoms with E-state index in [-0.39, 0.29) is 23.7 Å². The fourth-order valence-corrected chi connectivity index (χ4v) is 3.24. The Morgan fingerprint density at radius 3 is 2.44 bits per heavy atom. The molecule has 0 aromatic heterocycles. The Bertz CT molecular complexity index is 715. The van der Waals surface area contributed by atoms with Gasteiger partial charge in [0, 0.05) is 32.0 Å². The lowest BCUT2D eigenvalue weighted by molar-refractivity contribution is -0.128. The van der Waals surface area contributed by atoms with E-state index in [2.05, 4.69) is 5.32 Å². The molecule has 25 heavy (non-hydrogen) atoms. The number of carbonyl (C=O) groups excluding carboxylic acids is 2. The van der Waals surface area contributed by atoms with Crippen molar-refractivity contribution in [3.8, 4) is 0 Å². The lowest BCUT2D eigenvalue weighted by Crippen LogP contribution is -2.33. The molecule has 4 heteroatoms. The van der Waals surface area contributed by atoms with Gasteiger partial charge in [0.05, 0.1) is 5.92 Å². The number of nitrogens with one attached hydrogen (secondary N) is 1. The number of benzene rings is 2. The molecule has 0 radical (unpaired) electrons. The van der Waals surface area contributed by atoms with Crippen LogP contribution in [-0.2, 0) is 16.1 Å². The summed E-state index contributed by atoms with van der Waals surface area (Å²) in [4.78, 5) is 26.4. The molecule has 2 atom stereocenters. The van der Waals surface area contributed by atoms with Crippen molar-refractivity contribution in [3.63, 3.8) is 0 Å². The van der Waals surface area contributed by atoms with Gasteiger partial charge in [0.2, 0.25) is 11.8 Å². The van der Waals surface area contributed by atoms with Crippen LogP contribution < -0.4 is 5.32 Å². The topological polar surface area (TPSA) is 49.4 Å². The largest absolute Gasteiger partial charge is 0.355 e. The van der Waals surface area contributed by atoms with Crippen LogP contribution in [0.15, 0.2) is 60.7 Å². The summed E-state index contributed by atoms with van der Waals surface area (Å²) in [6, 6.07) is 19.8. The van der Waals surface area contributed by atoms with Gasteiger partial charge in [-0.1, -0.05) is 60.7 Å². The van der Waals surface area contributed by atoms with Gasteiger partial charge >= 0.3 is 0 Å². The van der Waals surface area contributed by atoms with E-state index < -0.39 is 0 Å². The summed E-state index contributed by atoms with van der Waals surface area (Å²) < 4.78 is 0. The highest BCUT2D eigenvalue weighted by Crippen LogP contribution is 2.20. The summed E-state index contributed by atoms with van der Waals surface area (Å²) in [6.45, 7) is 3.80. The third-order valence-corrected chi connectivity index (χ3v) is 4.77. The second-order valence-electron chi connectivity index (χ2n) is 6.71. The SMILES string of the molecule is C[C@@H](C(=O)NC[C@@H]1CC(=O)N(Cc2ccccc2)C1)c1ccccc1. The van der Waals surface area contributed by atoms with E-state index in [0.717, 1.165) is 11.1 Å². The van der Waals surface area contributed by atoms with E-state index in [1.807, 2.05) is 72.5 Å². The quantitative estimate of drug-likeness (QED) is 0.882. The molecule has 0 bridgehead atoms. The molecule has 130 valence electrons. The standard InChI is InChI=1S/C21H24N2O2/c1-16(19-10-6-3-7-11-19)21(25)22-13-18-12-20(24)23(15-18)14-17-8-4-2-5-9-17/h2-11,16,18H,12-15H2,1H3,(H,22,25)/t16-,18+/m1/s1. The number of nitrogens with zero attached hydrogens (tertiary/aromatic N) is 1. The summed E-state index contributed by atoms with van der Waals surface area (Å²) in [5, 5.41) is 3.01. The first kappa shape index (κ1) is 17.2. The van der Waals surface area contributed by atoms with Crippen molar-refractivity contribution in [1.29, 1.82) is 0 Å². The number of hydrogen-bond donors (Lipinski definition) is 1. The van der Waals surface area contributed by atoms with Crippen molar-refractivity contribution in [2.45, 2.75) is 25.8 Å². The maximum Gasteiger partial charge on any atom is 0.227 e. The molecular formula is C21H24N2O2. The van der Waals surface area contributed by atoms with Gasteiger partial charge in [0.15, 0.2) is 0 Å². The average molecular weight is 336 g/mol. The number of hydrogen-bond acceptors (Lipinski definition) is 2. The Balaban J connectivity index is 1.49. The summed E-state index contributed by atoms with van der Waals surface area (Å²) in [6.07, 6.45) is 0.507. The lowest BCUT2D eigenvalue weighted by atomic mass is 10.00. The molecule has 1 aliphatic heterocycles. The maximum atomic E-state index is 12.3. The lowest BCUT2D eigenvalue weighted by Gasteiger charge is -2.18. The highest BCUT2D eigenvalue weighted by molar-refractivity contribution is 5.83. The minimum Gasteiger partial charge on any atom is -0.355 e. The van der Waals surface area contributed by atoms with Crippen molar-refractivity contribution in [3.05, 3.63) is 71.8 Å². The van der Waals surface area contributed by atoms with Gasteiger partial charge in [-0.25, -0.2) is 0 Å². The predicted octanol–water partition coefficient (Wildman–Crippen LogP) is 2.96. The number of rotatable bonds is 6. The third kappa shape index (κ3) is 4.47. The maximum absolute atomic E-state index is 12.3. The fraction of sp³-hybridized carbons (Fsp3) is 0.333. The molecule has 0 saturated carbocycles. The van der Waals surface area contributed by atoms with Crippen molar-refractivity contribution in [2.24, 2.45) is 5.92 Å². The first-order chi connectivity index (χ1) is 12.1. The zero-order valence-corrected chi connectivity index (χ0v) is 14.5. The molecule has 2 aromatic carbocycles. The van der Waals surface area contributed by atoms with Crippen molar-refractivity contribution >= 4 is 11.8 Å². The second kappa shape index (κ2) is 7.97. The van der Waals surface area contributed by atoms with E-state index in [1.54, 1.807) is 0 Å². The summed E-state index contributed by atoms with van der Waals surface area (Å²) >= 11 is 0. The molecule has 2 amide bonds. The molecule has 1 heterocycles. The number of amides is 2. The Labute approximate surface area is 148 Å². The highest BCUT2D eigenvalue weighted by Gasteiger charge is 2.30. The molecule has 0 aliphatic carbocycles. The van der Waals surface area contributed by atoms with Gasteiger partial charge in [-0.05, 0) is 18.1 Å². The van der Waals surface area contributed by atoms with E-state index in [0.29, 0.717) is 26.1 Å². The van der Waals surface area contributed by atoms with Crippen LogP contribution in [0.3, 0.4) is 0 Å². The fourth-order valence-electron chi connectivity index (χ4n) is 3.24. The van der Waals surface area contributed by atoms with Crippen molar-refractivity contribution in [1.82, 2.24) is 10.2 Å². The Hall–Kier alpha value is -2.62. The smallest absolute Gasteiger partial charge is 0.227 e. The minimum atomic E-state index is -0.182. The number of carbonyl (C=O) groups is 2. The van der Waals surface area contributed by atoms with Crippen LogP contribution in [-0.4, -0.2) is 29.8 Å². The van der Waals surface area contributed by atoms with E-state index >= 15 is 0 Å². The molecule has 1 aliphatic rings. The normalized spacial score (nSPS) is 18.2. The summed E-state index contributed by atoms with van der Waals surface area (Å²) in [5.41, 5.74) is 2.14. The van der Waals surface area contributed by atoms with Crippen LogP contribution >= 0.6 is 0 Å².